The number of esters is 1. The summed E-state index contributed by atoms with van der Waals surface area (Å²) in [6, 6.07) is 24.8. The van der Waals surface area contributed by atoms with Gasteiger partial charge in [0.2, 0.25) is 5.90 Å². The van der Waals surface area contributed by atoms with Gasteiger partial charge >= 0.3 is 5.97 Å². The molecule has 1 aliphatic rings. The minimum atomic E-state index is -0.481. The molecule has 150 valence electrons. The highest BCUT2D eigenvalue weighted by molar-refractivity contribution is 6.12. The lowest BCUT2D eigenvalue weighted by Gasteiger charge is -2.17. The van der Waals surface area contributed by atoms with Crippen molar-refractivity contribution < 1.29 is 19.0 Å². The summed E-state index contributed by atoms with van der Waals surface area (Å²) < 4.78 is 16.9. The molecule has 0 aliphatic carbocycles. The molecule has 0 aromatic heterocycles. The molecule has 0 radical (unpaired) electrons. The van der Waals surface area contributed by atoms with Gasteiger partial charge in [-0.15, -0.1) is 0 Å². The molecule has 0 fully saturated rings. The van der Waals surface area contributed by atoms with Crippen LogP contribution in [0.1, 0.15) is 29.7 Å². The number of hydrogen-bond donors (Lipinski definition) is 0. The molecule has 0 saturated carbocycles. The molecule has 0 bridgehead atoms. The van der Waals surface area contributed by atoms with Gasteiger partial charge in [-0.3, -0.25) is 0 Å². The van der Waals surface area contributed by atoms with Gasteiger partial charge in [0.05, 0.1) is 7.11 Å². The van der Waals surface area contributed by atoms with Gasteiger partial charge in [0.1, 0.15) is 6.10 Å². The van der Waals surface area contributed by atoms with E-state index in [0.29, 0.717) is 17.4 Å². The number of rotatable bonds is 6. The van der Waals surface area contributed by atoms with E-state index in [1.54, 1.807) is 13.2 Å². The van der Waals surface area contributed by atoms with Gasteiger partial charge in [0.15, 0.2) is 17.2 Å². The Hall–Kier alpha value is -3.86. The Labute approximate surface area is 175 Å². The predicted molar refractivity (Wildman–Crippen MR) is 116 cm³/mol. The Balaban J connectivity index is 1.57. The maximum Gasteiger partial charge on any atom is 0.363 e. The molecule has 1 atom stereocenters. The Morgan fingerprint density at radius 1 is 0.933 bits per heavy atom. The number of carbonyl (C=O) groups is 1. The molecule has 3 aromatic rings. The minimum Gasteiger partial charge on any atom is -0.493 e. The summed E-state index contributed by atoms with van der Waals surface area (Å²) in [5.74, 6) is 1.02. The molecule has 1 heterocycles. The van der Waals surface area contributed by atoms with E-state index in [1.165, 1.54) is 0 Å². The van der Waals surface area contributed by atoms with Crippen LogP contribution < -0.4 is 9.47 Å². The number of benzene rings is 3. The Bertz CT molecular complexity index is 1100. The van der Waals surface area contributed by atoms with Crippen molar-refractivity contribution in [1.29, 1.82) is 0 Å². The molecule has 4 rings (SSSR count). The third-order valence-corrected chi connectivity index (χ3v) is 4.71. The van der Waals surface area contributed by atoms with E-state index in [4.69, 9.17) is 14.2 Å². The van der Waals surface area contributed by atoms with E-state index >= 15 is 0 Å². The lowest BCUT2D eigenvalue weighted by atomic mass is 10.1. The SMILES string of the molecule is COc1cc(/C=C2/N=C(c3ccccc3)OC2=O)ccc1O[C@H](C)c1ccccc1. The van der Waals surface area contributed by atoms with Crippen LogP contribution in [-0.4, -0.2) is 19.0 Å². The summed E-state index contributed by atoms with van der Waals surface area (Å²) >= 11 is 0. The van der Waals surface area contributed by atoms with E-state index in [9.17, 15) is 4.79 Å². The fourth-order valence-corrected chi connectivity index (χ4v) is 3.13. The smallest absolute Gasteiger partial charge is 0.363 e. The topological polar surface area (TPSA) is 57.1 Å². The number of carbonyl (C=O) groups excluding carboxylic acids is 1. The number of methoxy groups -OCH3 is 1. The zero-order valence-electron chi connectivity index (χ0n) is 16.7. The molecule has 0 saturated heterocycles. The Kier molecular flexibility index (Phi) is 5.61. The molecular weight excluding hydrogens is 378 g/mol. The lowest BCUT2D eigenvalue weighted by Crippen LogP contribution is -2.05. The summed E-state index contributed by atoms with van der Waals surface area (Å²) in [5, 5.41) is 0. The van der Waals surface area contributed by atoms with Gasteiger partial charge in [0, 0.05) is 5.56 Å². The molecule has 0 N–H and O–H groups in total. The van der Waals surface area contributed by atoms with Crippen LogP contribution in [0.25, 0.3) is 6.08 Å². The van der Waals surface area contributed by atoms with Crippen molar-refractivity contribution in [3.05, 3.63) is 101 Å². The lowest BCUT2D eigenvalue weighted by molar-refractivity contribution is -0.129. The Morgan fingerprint density at radius 2 is 1.63 bits per heavy atom. The quantitative estimate of drug-likeness (QED) is 0.423. The molecule has 0 spiro atoms. The van der Waals surface area contributed by atoms with E-state index < -0.39 is 5.97 Å². The average molecular weight is 399 g/mol. The molecular formula is C25H21NO4. The summed E-state index contributed by atoms with van der Waals surface area (Å²) in [6.07, 6.45) is 1.54. The fourth-order valence-electron chi connectivity index (χ4n) is 3.13. The van der Waals surface area contributed by atoms with Crippen LogP contribution >= 0.6 is 0 Å². The summed E-state index contributed by atoms with van der Waals surface area (Å²) in [5.41, 5.74) is 2.83. The second kappa shape index (κ2) is 8.66. The summed E-state index contributed by atoms with van der Waals surface area (Å²) in [6.45, 7) is 1.99. The predicted octanol–water partition coefficient (Wildman–Crippen LogP) is 5.18. The first-order valence-electron chi connectivity index (χ1n) is 9.61. The third-order valence-electron chi connectivity index (χ3n) is 4.71. The number of nitrogens with zero attached hydrogens (tertiary/aromatic N) is 1. The standard InChI is InChI=1S/C25H21NO4/c1-17(19-9-5-3-6-10-19)29-22-14-13-18(16-23(22)28-2)15-21-25(27)30-24(26-21)20-11-7-4-8-12-20/h3-17H,1-2H3/b21-15+/t17-/m1/s1. The molecule has 0 amide bonds. The van der Waals surface area contributed by atoms with E-state index in [-0.39, 0.29) is 11.8 Å². The van der Waals surface area contributed by atoms with Crippen LogP contribution in [-0.2, 0) is 9.53 Å². The number of aliphatic imine (C=N–C) groups is 1. The third kappa shape index (κ3) is 4.25. The highest BCUT2D eigenvalue weighted by Crippen LogP contribution is 2.33. The van der Waals surface area contributed by atoms with Crippen LogP contribution in [0.15, 0.2) is 89.6 Å². The number of hydrogen-bond acceptors (Lipinski definition) is 5. The molecule has 3 aromatic carbocycles. The van der Waals surface area contributed by atoms with Crippen LogP contribution in [0, 0.1) is 0 Å². The van der Waals surface area contributed by atoms with Crippen LogP contribution in [0.5, 0.6) is 11.5 Å². The van der Waals surface area contributed by atoms with Crippen LogP contribution in [0.2, 0.25) is 0 Å². The van der Waals surface area contributed by atoms with E-state index in [0.717, 1.165) is 16.7 Å². The van der Waals surface area contributed by atoms with Crippen molar-refractivity contribution in [2.24, 2.45) is 4.99 Å². The second-order valence-electron chi connectivity index (χ2n) is 6.78. The monoisotopic (exact) mass is 399 g/mol. The fraction of sp³-hybridized carbons (Fsp3) is 0.120. The minimum absolute atomic E-state index is 0.132. The second-order valence-corrected chi connectivity index (χ2v) is 6.78. The highest BCUT2D eigenvalue weighted by atomic mass is 16.6. The first-order chi connectivity index (χ1) is 14.6. The van der Waals surface area contributed by atoms with Crippen molar-refractivity contribution in [1.82, 2.24) is 0 Å². The zero-order valence-corrected chi connectivity index (χ0v) is 16.7. The van der Waals surface area contributed by atoms with Crippen molar-refractivity contribution in [3.8, 4) is 11.5 Å². The molecule has 0 unspecified atom stereocenters. The van der Waals surface area contributed by atoms with Gasteiger partial charge < -0.3 is 14.2 Å². The first-order valence-corrected chi connectivity index (χ1v) is 9.61. The molecule has 1 aliphatic heterocycles. The van der Waals surface area contributed by atoms with Gasteiger partial charge in [-0.25, -0.2) is 9.79 Å². The summed E-state index contributed by atoms with van der Waals surface area (Å²) in [4.78, 5) is 16.6. The van der Waals surface area contributed by atoms with Gasteiger partial charge in [0.25, 0.3) is 0 Å². The van der Waals surface area contributed by atoms with Gasteiger partial charge in [-0.1, -0.05) is 54.6 Å². The first kappa shape index (κ1) is 19.5. The maximum atomic E-state index is 12.2. The van der Waals surface area contributed by atoms with Crippen LogP contribution in [0.3, 0.4) is 0 Å². The average Bonchev–Trinajstić information content (AvgIpc) is 3.16. The van der Waals surface area contributed by atoms with Gasteiger partial charge in [-0.2, -0.15) is 0 Å². The largest absolute Gasteiger partial charge is 0.493 e. The maximum absolute atomic E-state index is 12.2. The van der Waals surface area contributed by atoms with Crippen LogP contribution in [0.4, 0.5) is 0 Å². The normalized spacial score (nSPS) is 15.5. The van der Waals surface area contributed by atoms with E-state index in [2.05, 4.69) is 4.99 Å². The summed E-state index contributed by atoms with van der Waals surface area (Å²) in [7, 11) is 1.59. The van der Waals surface area contributed by atoms with E-state index in [1.807, 2.05) is 85.8 Å². The van der Waals surface area contributed by atoms with Crippen molar-refractivity contribution in [2.75, 3.05) is 7.11 Å². The highest BCUT2D eigenvalue weighted by Gasteiger charge is 2.24. The zero-order chi connectivity index (χ0) is 20.9. The van der Waals surface area contributed by atoms with Crippen molar-refractivity contribution in [2.45, 2.75) is 13.0 Å². The molecule has 30 heavy (non-hydrogen) atoms. The molecule has 5 heteroatoms. The van der Waals surface area contributed by atoms with Crippen molar-refractivity contribution >= 4 is 17.9 Å². The Morgan fingerprint density at radius 3 is 2.33 bits per heavy atom. The molecule has 5 nitrogen and oxygen atoms in total. The van der Waals surface area contributed by atoms with Crippen molar-refractivity contribution in [3.63, 3.8) is 0 Å². The number of ether oxygens (including phenoxy) is 3. The van der Waals surface area contributed by atoms with Gasteiger partial charge in [-0.05, 0) is 48.4 Å². The number of cyclic esters (lactones) is 1.